The predicted octanol–water partition coefficient (Wildman–Crippen LogP) is -2.21. The molecule has 0 fully saturated rings. The first-order valence-electron chi connectivity index (χ1n) is 5.71. The average molecular weight is 277 g/mol. The molecule has 7 heteroatoms. The van der Waals surface area contributed by atoms with E-state index in [-0.39, 0.29) is 11.1 Å². The highest BCUT2D eigenvalue weighted by atomic mass is 16.7. The van der Waals surface area contributed by atoms with Crippen LogP contribution in [0.1, 0.15) is 15.9 Å². The third-order valence-electron chi connectivity index (χ3n) is 3.62. The van der Waals surface area contributed by atoms with Crippen molar-refractivity contribution >= 4 is 11.8 Å². The number of aliphatic carboxylic acids is 1. The number of benzene rings is 1. The molecule has 0 spiro atoms. The van der Waals surface area contributed by atoms with Gasteiger partial charge in [-0.25, -0.2) is 0 Å². The van der Waals surface area contributed by atoms with Gasteiger partial charge in [-0.2, -0.15) is 0 Å². The SMILES string of the molecule is O=C([O-])C1=C(CO)O[C@]2(O)c3ccccc3C(=O)[C@]12O. The first-order valence-corrected chi connectivity index (χ1v) is 5.71. The Morgan fingerprint density at radius 1 is 1.30 bits per heavy atom. The van der Waals surface area contributed by atoms with Crippen molar-refractivity contribution in [1.82, 2.24) is 0 Å². The van der Waals surface area contributed by atoms with Crippen LogP contribution in [0.25, 0.3) is 0 Å². The van der Waals surface area contributed by atoms with Gasteiger partial charge in [0.2, 0.25) is 11.4 Å². The second kappa shape index (κ2) is 3.66. The largest absolute Gasteiger partial charge is 0.545 e. The van der Waals surface area contributed by atoms with Crippen molar-refractivity contribution in [3.63, 3.8) is 0 Å². The van der Waals surface area contributed by atoms with E-state index in [1.165, 1.54) is 24.3 Å². The molecule has 104 valence electrons. The van der Waals surface area contributed by atoms with Gasteiger partial charge in [0.25, 0.3) is 5.79 Å². The molecule has 20 heavy (non-hydrogen) atoms. The summed E-state index contributed by atoms with van der Waals surface area (Å²) in [7, 11) is 0. The van der Waals surface area contributed by atoms with Crippen molar-refractivity contribution in [2.24, 2.45) is 0 Å². The molecule has 0 unspecified atom stereocenters. The number of carbonyl (C=O) groups is 2. The van der Waals surface area contributed by atoms with Crippen molar-refractivity contribution in [1.29, 1.82) is 0 Å². The molecule has 0 aromatic heterocycles. The quantitative estimate of drug-likeness (QED) is 0.559. The van der Waals surface area contributed by atoms with E-state index >= 15 is 0 Å². The molecular weight excluding hydrogens is 268 g/mol. The number of carboxylic acid groups (broad SMARTS) is 1. The lowest BCUT2D eigenvalue weighted by atomic mass is 9.86. The van der Waals surface area contributed by atoms with Crippen molar-refractivity contribution in [3.05, 3.63) is 46.7 Å². The maximum absolute atomic E-state index is 12.3. The van der Waals surface area contributed by atoms with Crippen LogP contribution in [0.4, 0.5) is 0 Å². The Hall–Kier alpha value is -2.22. The molecule has 0 bridgehead atoms. The lowest BCUT2D eigenvalue weighted by Gasteiger charge is -2.30. The standard InChI is InChI=1S/C13H10O7/c14-5-8-9(11(16)17)12(18)10(15)6-3-1-2-4-7(6)13(12,19)20-8/h1-4,14,18-19H,5H2,(H,16,17)/p-1/t12-,13-/m1/s1. The molecule has 0 saturated carbocycles. The number of ketones is 1. The minimum atomic E-state index is -2.83. The van der Waals surface area contributed by atoms with Gasteiger partial charge in [-0.05, 0) is 0 Å². The van der Waals surface area contributed by atoms with Crippen molar-refractivity contribution in [2.75, 3.05) is 6.61 Å². The third kappa shape index (κ3) is 1.15. The molecule has 0 amide bonds. The summed E-state index contributed by atoms with van der Waals surface area (Å²) in [6.07, 6.45) is 0. The number of carbonyl (C=O) groups excluding carboxylic acids is 2. The zero-order valence-electron chi connectivity index (χ0n) is 9.99. The van der Waals surface area contributed by atoms with Crippen LogP contribution in [-0.2, 0) is 15.3 Å². The van der Waals surface area contributed by atoms with Crippen LogP contribution in [0.3, 0.4) is 0 Å². The maximum atomic E-state index is 12.3. The van der Waals surface area contributed by atoms with Crippen LogP contribution in [0.15, 0.2) is 35.6 Å². The van der Waals surface area contributed by atoms with Gasteiger partial charge in [-0.3, -0.25) is 4.79 Å². The number of rotatable bonds is 2. The molecule has 0 saturated heterocycles. The topological polar surface area (TPSA) is 127 Å². The molecule has 1 heterocycles. The van der Waals surface area contributed by atoms with Gasteiger partial charge < -0.3 is 30.0 Å². The number of hydrogen-bond donors (Lipinski definition) is 3. The summed E-state index contributed by atoms with van der Waals surface area (Å²) in [5.41, 5.74) is -3.89. The van der Waals surface area contributed by atoms with E-state index in [0.717, 1.165) is 0 Å². The summed E-state index contributed by atoms with van der Waals surface area (Å²) in [6, 6.07) is 5.66. The van der Waals surface area contributed by atoms with E-state index in [0.29, 0.717) is 0 Å². The molecule has 1 aromatic carbocycles. The first-order chi connectivity index (χ1) is 9.38. The molecule has 0 radical (unpaired) electrons. The van der Waals surface area contributed by atoms with Crippen LogP contribution < -0.4 is 5.11 Å². The molecule has 3 rings (SSSR count). The number of Topliss-reactive ketones (excluding diaryl/α,β-unsaturated/α-hetero) is 1. The van der Waals surface area contributed by atoms with Gasteiger partial charge in [0.05, 0.1) is 11.5 Å². The molecule has 7 nitrogen and oxygen atoms in total. The van der Waals surface area contributed by atoms with Gasteiger partial charge in [0, 0.05) is 11.1 Å². The van der Waals surface area contributed by atoms with Gasteiger partial charge >= 0.3 is 0 Å². The van der Waals surface area contributed by atoms with Crippen LogP contribution in [0, 0.1) is 0 Å². The Morgan fingerprint density at radius 3 is 2.55 bits per heavy atom. The fraction of sp³-hybridized carbons (Fsp3) is 0.231. The van der Waals surface area contributed by atoms with Crippen LogP contribution in [-0.4, -0.2) is 39.3 Å². The highest BCUT2D eigenvalue weighted by Crippen LogP contribution is 2.54. The van der Waals surface area contributed by atoms with Crippen LogP contribution in [0.5, 0.6) is 0 Å². The summed E-state index contributed by atoms with van der Waals surface area (Å²) in [5, 5.41) is 41.3. The number of carboxylic acids is 1. The molecule has 1 aliphatic carbocycles. The molecule has 2 atom stereocenters. The minimum Gasteiger partial charge on any atom is -0.545 e. The smallest absolute Gasteiger partial charge is 0.276 e. The Kier molecular flexibility index (Phi) is 2.34. The van der Waals surface area contributed by atoms with Crippen LogP contribution >= 0.6 is 0 Å². The normalized spacial score (nSPS) is 31.1. The van der Waals surface area contributed by atoms with Crippen molar-refractivity contribution < 1.29 is 34.8 Å². The third-order valence-corrected chi connectivity index (χ3v) is 3.62. The highest BCUT2D eigenvalue weighted by Gasteiger charge is 2.71. The number of hydrogen-bond acceptors (Lipinski definition) is 7. The van der Waals surface area contributed by atoms with Crippen molar-refractivity contribution in [3.8, 4) is 0 Å². The van der Waals surface area contributed by atoms with E-state index in [2.05, 4.69) is 0 Å². The van der Waals surface area contributed by atoms with Crippen LogP contribution in [0.2, 0.25) is 0 Å². The molecular formula is C13H9O7-. The predicted molar refractivity (Wildman–Crippen MR) is 59.8 cm³/mol. The Morgan fingerprint density at radius 2 is 1.95 bits per heavy atom. The monoisotopic (exact) mass is 277 g/mol. The summed E-state index contributed by atoms with van der Waals surface area (Å²) in [5.74, 6) is -6.08. The Bertz CT molecular complexity index is 677. The first kappa shape index (κ1) is 12.8. The summed E-state index contributed by atoms with van der Waals surface area (Å²) in [6.45, 7) is -0.899. The second-order valence-corrected chi connectivity index (χ2v) is 4.57. The zero-order chi connectivity index (χ0) is 14.7. The summed E-state index contributed by atoms with van der Waals surface area (Å²) < 4.78 is 4.99. The van der Waals surface area contributed by atoms with E-state index < -0.39 is 41.1 Å². The van der Waals surface area contributed by atoms with Gasteiger partial charge in [0.1, 0.15) is 12.4 Å². The lowest BCUT2D eigenvalue weighted by molar-refractivity contribution is -0.303. The number of ether oxygens (including phenoxy) is 1. The van der Waals surface area contributed by atoms with Gasteiger partial charge in [0.15, 0.2) is 0 Å². The molecule has 1 aromatic rings. The molecule has 2 aliphatic rings. The average Bonchev–Trinajstić information content (AvgIpc) is 2.76. The fourth-order valence-corrected chi connectivity index (χ4v) is 2.74. The molecule has 3 N–H and O–H groups in total. The lowest BCUT2D eigenvalue weighted by Crippen LogP contribution is -2.54. The maximum Gasteiger partial charge on any atom is 0.276 e. The number of aliphatic hydroxyl groups is 3. The summed E-state index contributed by atoms with van der Waals surface area (Å²) >= 11 is 0. The van der Waals surface area contributed by atoms with Gasteiger partial charge in [-0.15, -0.1) is 0 Å². The second-order valence-electron chi connectivity index (χ2n) is 4.57. The number of fused-ring (bicyclic) bond motifs is 3. The number of aliphatic hydroxyl groups excluding tert-OH is 1. The van der Waals surface area contributed by atoms with E-state index in [1.807, 2.05) is 0 Å². The Balaban J connectivity index is 2.32. The highest BCUT2D eigenvalue weighted by molar-refractivity contribution is 6.15. The van der Waals surface area contributed by atoms with E-state index in [4.69, 9.17) is 9.84 Å². The molecule has 1 aliphatic heterocycles. The Labute approximate surface area is 112 Å². The zero-order valence-corrected chi connectivity index (χ0v) is 9.99. The minimum absolute atomic E-state index is 0.0479. The van der Waals surface area contributed by atoms with Gasteiger partial charge in [-0.1, -0.05) is 24.3 Å². The van der Waals surface area contributed by atoms with E-state index in [9.17, 15) is 24.9 Å². The summed E-state index contributed by atoms with van der Waals surface area (Å²) in [4.78, 5) is 23.5. The fourth-order valence-electron chi connectivity index (χ4n) is 2.74. The van der Waals surface area contributed by atoms with Crippen molar-refractivity contribution in [2.45, 2.75) is 11.4 Å². The van der Waals surface area contributed by atoms with E-state index in [1.54, 1.807) is 0 Å².